The first-order valence-electron chi connectivity index (χ1n) is 5.39. The van der Waals surface area contributed by atoms with Crippen LogP contribution in [0.4, 0.5) is 0 Å². The van der Waals surface area contributed by atoms with Gasteiger partial charge in [-0.3, -0.25) is 4.79 Å². The van der Waals surface area contributed by atoms with Crippen LogP contribution in [0.25, 0.3) is 0 Å². The highest BCUT2D eigenvalue weighted by Gasteiger charge is 2.34. The third kappa shape index (κ3) is 3.31. The molecule has 1 aromatic carbocycles. The molecule has 1 atom stereocenters. The zero-order valence-electron chi connectivity index (χ0n) is 9.67. The lowest BCUT2D eigenvalue weighted by molar-refractivity contribution is -0.137. The lowest BCUT2D eigenvalue weighted by Crippen LogP contribution is -2.31. The van der Waals surface area contributed by atoms with Gasteiger partial charge in [-0.25, -0.2) is 0 Å². The van der Waals surface area contributed by atoms with Crippen molar-refractivity contribution in [2.24, 2.45) is 5.41 Å². The van der Waals surface area contributed by atoms with E-state index in [9.17, 15) is 10.1 Å². The Labute approximate surface area is 117 Å². The SMILES string of the molecule is N#CC(CS)(CCC(=O)O)C(=S)c1ccccc1. The van der Waals surface area contributed by atoms with Gasteiger partial charge in [0.05, 0.1) is 6.07 Å². The van der Waals surface area contributed by atoms with E-state index in [1.807, 2.05) is 30.3 Å². The quantitative estimate of drug-likeness (QED) is 0.477. The first kappa shape index (κ1) is 14.7. The number of carboxylic acid groups (broad SMARTS) is 1. The molecule has 94 valence electrons. The molecule has 0 heterocycles. The molecule has 0 aliphatic carbocycles. The third-order valence-electron chi connectivity index (χ3n) is 2.72. The smallest absolute Gasteiger partial charge is 0.303 e. The summed E-state index contributed by atoms with van der Waals surface area (Å²) in [6.45, 7) is 0. The Morgan fingerprint density at radius 1 is 1.44 bits per heavy atom. The minimum absolute atomic E-state index is 0.0961. The van der Waals surface area contributed by atoms with Crippen molar-refractivity contribution < 1.29 is 9.90 Å². The molecule has 0 aliphatic rings. The molecule has 0 aliphatic heterocycles. The summed E-state index contributed by atoms with van der Waals surface area (Å²) >= 11 is 9.51. The number of thiol groups is 1. The van der Waals surface area contributed by atoms with Crippen molar-refractivity contribution in [1.29, 1.82) is 5.26 Å². The van der Waals surface area contributed by atoms with E-state index in [-0.39, 0.29) is 18.6 Å². The average molecular weight is 279 g/mol. The Kier molecular flexibility index (Phi) is 5.32. The maximum Gasteiger partial charge on any atom is 0.303 e. The number of hydrogen-bond donors (Lipinski definition) is 2. The van der Waals surface area contributed by atoms with E-state index in [4.69, 9.17) is 17.3 Å². The molecule has 0 spiro atoms. The highest BCUT2D eigenvalue weighted by molar-refractivity contribution is 7.82. The van der Waals surface area contributed by atoms with Gasteiger partial charge < -0.3 is 5.11 Å². The first-order chi connectivity index (χ1) is 8.55. The molecule has 1 unspecified atom stereocenters. The first-order valence-corrected chi connectivity index (χ1v) is 6.43. The standard InChI is InChI=1S/C13H13NO2S2/c14-8-13(9-17,7-6-11(15)16)12(18)10-4-2-1-3-5-10/h1-5,17H,6-7,9H2,(H,15,16). The van der Waals surface area contributed by atoms with Crippen LogP contribution in [-0.2, 0) is 4.79 Å². The summed E-state index contributed by atoms with van der Waals surface area (Å²) < 4.78 is 0. The van der Waals surface area contributed by atoms with E-state index >= 15 is 0 Å². The number of nitrogens with zero attached hydrogens (tertiary/aromatic N) is 1. The van der Waals surface area contributed by atoms with E-state index < -0.39 is 11.4 Å². The van der Waals surface area contributed by atoms with E-state index in [1.165, 1.54) is 0 Å². The van der Waals surface area contributed by atoms with Crippen LogP contribution in [0.2, 0.25) is 0 Å². The number of carbonyl (C=O) groups is 1. The molecule has 0 fully saturated rings. The molecular formula is C13H13NO2S2. The number of nitriles is 1. The summed E-state index contributed by atoms with van der Waals surface area (Å²) in [5, 5.41) is 18.1. The lowest BCUT2D eigenvalue weighted by atomic mass is 9.80. The van der Waals surface area contributed by atoms with Crippen LogP contribution in [0.15, 0.2) is 30.3 Å². The van der Waals surface area contributed by atoms with Crippen molar-refractivity contribution in [2.45, 2.75) is 12.8 Å². The fourth-order valence-corrected chi connectivity index (χ4v) is 2.44. The molecule has 0 bridgehead atoms. The molecule has 0 saturated carbocycles. The van der Waals surface area contributed by atoms with Crippen molar-refractivity contribution in [1.82, 2.24) is 0 Å². The van der Waals surface area contributed by atoms with Crippen LogP contribution in [-0.4, -0.2) is 21.7 Å². The second-order valence-corrected chi connectivity index (χ2v) is 4.67. The fourth-order valence-electron chi connectivity index (χ4n) is 1.59. The highest BCUT2D eigenvalue weighted by atomic mass is 32.1. The predicted molar refractivity (Wildman–Crippen MR) is 76.9 cm³/mol. The molecule has 3 nitrogen and oxygen atoms in total. The highest BCUT2D eigenvalue weighted by Crippen LogP contribution is 2.30. The van der Waals surface area contributed by atoms with Crippen LogP contribution in [0.1, 0.15) is 18.4 Å². The van der Waals surface area contributed by atoms with Crippen molar-refractivity contribution in [3.63, 3.8) is 0 Å². The lowest BCUT2D eigenvalue weighted by Gasteiger charge is -2.25. The van der Waals surface area contributed by atoms with Crippen LogP contribution < -0.4 is 0 Å². The number of benzene rings is 1. The second-order valence-electron chi connectivity index (χ2n) is 3.94. The molecule has 1 aromatic rings. The molecule has 5 heteroatoms. The van der Waals surface area contributed by atoms with Gasteiger partial charge in [-0.1, -0.05) is 42.5 Å². The summed E-state index contributed by atoms with van der Waals surface area (Å²) in [7, 11) is 0. The van der Waals surface area contributed by atoms with Gasteiger partial charge in [0.2, 0.25) is 0 Å². The second kappa shape index (κ2) is 6.53. The molecule has 18 heavy (non-hydrogen) atoms. The van der Waals surface area contributed by atoms with Gasteiger partial charge in [0.15, 0.2) is 0 Å². The normalized spacial score (nSPS) is 13.3. The molecule has 1 rings (SSSR count). The number of rotatable bonds is 6. The Morgan fingerprint density at radius 3 is 2.50 bits per heavy atom. The Hall–Kier alpha value is -1.38. The maximum absolute atomic E-state index is 10.7. The molecule has 1 N–H and O–H groups in total. The summed E-state index contributed by atoms with van der Waals surface area (Å²) in [6.07, 6.45) is 0.0805. The van der Waals surface area contributed by atoms with Crippen molar-refractivity contribution in [2.75, 3.05) is 5.75 Å². The van der Waals surface area contributed by atoms with Crippen molar-refractivity contribution in [3.8, 4) is 6.07 Å². The van der Waals surface area contributed by atoms with E-state index in [2.05, 4.69) is 18.7 Å². The van der Waals surface area contributed by atoms with Crippen LogP contribution in [0, 0.1) is 16.7 Å². The molecule has 0 radical (unpaired) electrons. The van der Waals surface area contributed by atoms with Gasteiger partial charge in [0.25, 0.3) is 0 Å². The van der Waals surface area contributed by atoms with Gasteiger partial charge in [-0.15, -0.1) is 0 Å². The maximum atomic E-state index is 10.7. The monoisotopic (exact) mass is 279 g/mol. The number of hydrogen-bond acceptors (Lipinski definition) is 4. The number of aliphatic carboxylic acids is 1. The summed E-state index contributed by atoms with van der Waals surface area (Å²) in [6, 6.07) is 11.3. The van der Waals surface area contributed by atoms with Crippen molar-refractivity contribution >= 4 is 35.7 Å². The van der Waals surface area contributed by atoms with Gasteiger partial charge in [0.1, 0.15) is 5.41 Å². The summed E-state index contributed by atoms with van der Waals surface area (Å²) in [5.41, 5.74) is -0.230. The molecule has 0 aromatic heterocycles. The largest absolute Gasteiger partial charge is 0.481 e. The topological polar surface area (TPSA) is 61.1 Å². The van der Waals surface area contributed by atoms with Crippen LogP contribution in [0.5, 0.6) is 0 Å². The number of thiocarbonyl (C=S) groups is 1. The zero-order valence-corrected chi connectivity index (χ0v) is 11.4. The van der Waals surface area contributed by atoms with Crippen LogP contribution in [0.3, 0.4) is 0 Å². The Bertz CT molecular complexity index is 482. The van der Waals surface area contributed by atoms with E-state index in [0.717, 1.165) is 5.56 Å². The molecular weight excluding hydrogens is 266 g/mol. The van der Waals surface area contributed by atoms with Gasteiger partial charge in [-0.05, 0) is 12.0 Å². The Balaban J connectivity index is 3.02. The van der Waals surface area contributed by atoms with Crippen molar-refractivity contribution in [3.05, 3.63) is 35.9 Å². The molecule has 0 saturated heterocycles. The van der Waals surface area contributed by atoms with E-state index in [0.29, 0.717) is 4.86 Å². The van der Waals surface area contributed by atoms with Crippen LogP contribution >= 0.6 is 24.8 Å². The fraction of sp³-hybridized carbons (Fsp3) is 0.308. The average Bonchev–Trinajstić information content (AvgIpc) is 2.41. The summed E-state index contributed by atoms with van der Waals surface area (Å²) in [5.74, 6) is -0.725. The zero-order chi connectivity index (χ0) is 13.6. The molecule has 0 amide bonds. The predicted octanol–water partition coefficient (Wildman–Crippen LogP) is 2.71. The summed E-state index contributed by atoms with van der Waals surface area (Å²) in [4.78, 5) is 11.1. The van der Waals surface area contributed by atoms with Gasteiger partial charge >= 0.3 is 5.97 Å². The Morgan fingerprint density at radius 2 is 2.06 bits per heavy atom. The third-order valence-corrected chi connectivity index (χ3v) is 3.89. The van der Waals surface area contributed by atoms with Gasteiger partial charge in [0, 0.05) is 17.0 Å². The minimum atomic E-state index is -1.00. The van der Waals surface area contributed by atoms with Gasteiger partial charge in [-0.2, -0.15) is 17.9 Å². The minimum Gasteiger partial charge on any atom is -0.481 e. The number of carboxylic acids is 1. The van der Waals surface area contributed by atoms with E-state index in [1.54, 1.807) is 0 Å².